The van der Waals surface area contributed by atoms with Crippen LogP contribution in [0.25, 0.3) is 0 Å². The highest BCUT2D eigenvalue weighted by atomic mass is 35.5. The van der Waals surface area contributed by atoms with Crippen molar-refractivity contribution < 1.29 is 9.18 Å². The Morgan fingerprint density at radius 2 is 2.04 bits per heavy atom. The summed E-state index contributed by atoms with van der Waals surface area (Å²) in [6.45, 7) is 1.74. The molecule has 1 aliphatic carbocycles. The van der Waals surface area contributed by atoms with Gasteiger partial charge in [0, 0.05) is 11.3 Å². The Balaban J connectivity index is 0.00000192. The van der Waals surface area contributed by atoms with E-state index >= 15 is 0 Å². The fourth-order valence-corrected chi connectivity index (χ4v) is 3.10. The molecule has 1 unspecified atom stereocenters. The number of nitrogen functional groups attached to an aromatic ring is 1. The SMILES string of the molecule is Cc1cc(F)ccc1C(=O)NC1CCCc2cc(N)ccc21.Cl. The Kier molecular flexibility index (Phi) is 5.26. The minimum Gasteiger partial charge on any atom is -0.399 e. The highest BCUT2D eigenvalue weighted by Gasteiger charge is 2.23. The summed E-state index contributed by atoms with van der Waals surface area (Å²) in [6, 6.07) is 10.1. The number of carbonyl (C=O) groups is 1. The van der Waals surface area contributed by atoms with Gasteiger partial charge in [0.25, 0.3) is 5.91 Å². The molecule has 0 aliphatic heterocycles. The van der Waals surface area contributed by atoms with Crippen molar-refractivity contribution in [2.45, 2.75) is 32.2 Å². The number of carbonyl (C=O) groups excluding carboxylic acids is 1. The second-order valence-corrected chi connectivity index (χ2v) is 5.84. The van der Waals surface area contributed by atoms with Crippen LogP contribution in [0.4, 0.5) is 10.1 Å². The minimum atomic E-state index is -0.326. The molecule has 23 heavy (non-hydrogen) atoms. The molecule has 122 valence electrons. The van der Waals surface area contributed by atoms with Gasteiger partial charge in [-0.15, -0.1) is 12.4 Å². The van der Waals surface area contributed by atoms with E-state index in [4.69, 9.17) is 5.73 Å². The van der Waals surface area contributed by atoms with Crippen molar-refractivity contribution in [2.24, 2.45) is 0 Å². The molecular weight excluding hydrogens is 315 g/mol. The van der Waals surface area contributed by atoms with Crippen LogP contribution < -0.4 is 11.1 Å². The summed E-state index contributed by atoms with van der Waals surface area (Å²) in [5, 5.41) is 3.07. The van der Waals surface area contributed by atoms with E-state index in [-0.39, 0.29) is 30.2 Å². The van der Waals surface area contributed by atoms with E-state index in [1.807, 2.05) is 18.2 Å². The standard InChI is InChI=1S/C18H19FN2O.ClH/c1-11-9-13(19)5-7-15(11)18(22)21-17-4-2-3-12-10-14(20)6-8-16(12)17;/h5-10,17H,2-4,20H2,1H3,(H,21,22);1H. The predicted molar refractivity (Wildman–Crippen MR) is 92.4 cm³/mol. The summed E-state index contributed by atoms with van der Waals surface area (Å²) in [6.07, 6.45) is 2.91. The van der Waals surface area contributed by atoms with Crippen LogP contribution in [0.5, 0.6) is 0 Å². The first-order chi connectivity index (χ1) is 10.5. The van der Waals surface area contributed by atoms with Crippen molar-refractivity contribution in [1.82, 2.24) is 5.32 Å². The number of aryl methyl sites for hydroxylation is 2. The molecule has 0 saturated heterocycles. The minimum absolute atomic E-state index is 0. The zero-order valence-electron chi connectivity index (χ0n) is 12.9. The monoisotopic (exact) mass is 334 g/mol. The molecule has 0 spiro atoms. The molecule has 0 aromatic heterocycles. The van der Waals surface area contributed by atoms with E-state index in [9.17, 15) is 9.18 Å². The van der Waals surface area contributed by atoms with E-state index in [1.54, 1.807) is 6.92 Å². The molecule has 1 atom stereocenters. The Morgan fingerprint density at radius 1 is 1.26 bits per heavy atom. The molecule has 0 bridgehead atoms. The lowest BCUT2D eigenvalue weighted by Gasteiger charge is -2.27. The number of anilines is 1. The Hall–Kier alpha value is -2.07. The topological polar surface area (TPSA) is 55.1 Å². The molecule has 1 aliphatic rings. The van der Waals surface area contributed by atoms with E-state index in [1.165, 1.54) is 23.8 Å². The number of nitrogens with two attached hydrogens (primary N) is 1. The van der Waals surface area contributed by atoms with Gasteiger partial charge in [0.05, 0.1) is 6.04 Å². The molecule has 0 fully saturated rings. The number of halogens is 2. The van der Waals surface area contributed by atoms with Gasteiger partial charge in [0.15, 0.2) is 0 Å². The Bertz CT molecular complexity index is 733. The van der Waals surface area contributed by atoms with Crippen molar-refractivity contribution in [3.05, 3.63) is 64.5 Å². The van der Waals surface area contributed by atoms with Crippen LogP contribution in [0.2, 0.25) is 0 Å². The largest absolute Gasteiger partial charge is 0.399 e. The zero-order valence-corrected chi connectivity index (χ0v) is 13.8. The lowest BCUT2D eigenvalue weighted by molar-refractivity contribution is 0.0932. The maximum Gasteiger partial charge on any atom is 0.252 e. The van der Waals surface area contributed by atoms with E-state index in [0.717, 1.165) is 30.5 Å². The van der Waals surface area contributed by atoms with Crippen LogP contribution in [0.1, 0.15) is 45.9 Å². The number of hydrogen-bond acceptors (Lipinski definition) is 2. The second kappa shape index (κ2) is 7.01. The van der Waals surface area contributed by atoms with Crippen LogP contribution in [0, 0.1) is 12.7 Å². The molecule has 0 heterocycles. The van der Waals surface area contributed by atoms with Crippen molar-refractivity contribution >= 4 is 24.0 Å². The fourth-order valence-electron chi connectivity index (χ4n) is 3.10. The van der Waals surface area contributed by atoms with E-state index in [2.05, 4.69) is 5.32 Å². The molecule has 3 rings (SSSR count). The molecule has 3 N–H and O–H groups in total. The molecule has 2 aromatic rings. The average molecular weight is 335 g/mol. The van der Waals surface area contributed by atoms with Gasteiger partial charge in [0.1, 0.15) is 5.82 Å². The maximum absolute atomic E-state index is 13.2. The summed E-state index contributed by atoms with van der Waals surface area (Å²) in [7, 11) is 0. The lowest BCUT2D eigenvalue weighted by atomic mass is 9.87. The number of fused-ring (bicyclic) bond motifs is 1. The Labute approximate surface area is 141 Å². The fraction of sp³-hybridized carbons (Fsp3) is 0.278. The molecule has 0 radical (unpaired) electrons. The number of rotatable bonds is 2. The van der Waals surface area contributed by atoms with Crippen LogP contribution in [0.15, 0.2) is 36.4 Å². The number of amides is 1. The van der Waals surface area contributed by atoms with Gasteiger partial charge in [-0.2, -0.15) is 0 Å². The van der Waals surface area contributed by atoms with Crippen molar-refractivity contribution in [1.29, 1.82) is 0 Å². The average Bonchev–Trinajstić information content (AvgIpc) is 2.47. The zero-order chi connectivity index (χ0) is 15.7. The summed E-state index contributed by atoms with van der Waals surface area (Å²) < 4.78 is 13.2. The van der Waals surface area contributed by atoms with Crippen molar-refractivity contribution in [3.63, 3.8) is 0 Å². The van der Waals surface area contributed by atoms with Gasteiger partial charge >= 0.3 is 0 Å². The molecular formula is C18H20ClFN2O. The first kappa shape index (κ1) is 17.3. The van der Waals surface area contributed by atoms with Crippen LogP contribution in [-0.2, 0) is 6.42 Å². The molecule has 2 aromatic carbocycles. The Morgan fingerprint density at radius 3 is 2.78 bits per heavy atom. The highest BCUT2D eigenvalue weighted by molar-refractivity contribution is 5.95. The van der Waals surface area contributed by atoms with Crippen molar-refractivity contribution in [2.75, 3.05) is 5.73 Å². The molecule has 0 saturated carbocycles. The summed E-state index contributed by atoms with van der Waals surface area (Å²) in [5.41, 5.74) is 10.1. The normalized spacial score (nSPS) is 16.2. The number of benzene rings is 2. The first-order valence-electron chi connectivity index (χ1n) is 7.50. The summed E-state index contributed by atoms with van der Waals surface area (Å²) in [5.74, 6) is -0.486. The van der Waals surface area contributed by atoms with E-state index < -0.39 is 0 Å². The first-order valence-corrected chi connectivity index (χ1v) is 7.50. The van der Waals surface area contributed by atoms with Gasteiger partial charge in [-0.3, -0.25) is 4.79 Å². The summed E-state index contributed by atoms with van der Waals surface area (Å²) >= 11 is 0. The van der Waals surface area contributed by atoms with Crippen LogP contribution in [-0.4, -0.2) is 5.91 Å². The molecule has 1 amide bonds. The van der Waals surface area contributed by atoms with Gasteiger partial charge in [-0.1, -0.05) is 6.07 Å². The van der Waals surface area contributed by atoms with Gasteiger partial charge in [-0.25, -0.2) is 4.39 Å². The second-order valence-electron chi connectivity index (χ2n) is 5.84. The number of nitrogens with one attached hydrogen (secondary N) is 1. The van der Waals surface area contributed by atoms with Gasteiger partial charge in [0.2, 0.25) is 0 Å². The third-order valence-electron chi connectivity index (χ3n) is 4.22. The third-order valence-corrected chi connectivity index (χ3v) is 4.22. The van der Waals surface area contributed by atoms with Crippen LogP contribution >= 0.6 is 12.4 Å². The number of hydrogen-bond donors (Lipinski definition) is 2. The van der Waals surface area contributed by atoms with E-state index in [0.29, 0.717) is 11.1 Å². The molecule has 3 nitrogen and oxygen atoms in total. The smallest absolute Gasteiger partial charge is 0.252 e. The van der Waals surface area contributed by atoms with Gasteiger partial charge in [-0.05, 0) is 73.2 Å². The molecule has 5 heteroatoms. The third kappa shape index (κ3) is 3.64. The maximum atomic E-state index is 13.2. The highest BCUT2D eigenvalue weighted by Crippen LogP contribution is 2.31. The quantitative estimate of drug-likeness (QED) is 0.817. The predicted octanol–water partition coefficient (Wildman–Crippen LogP) is 3.95. The van der Waals surface area contributed by atoms with Gasteiger partial charge < -0.3 is 11.1 Å². The van der Waals surface area contributed by atoms with Crippen LogP contribution in [0.3, 0.4) is 0 Å². The van der Waals surface area contributed by atoms with Crippen molar-refractivity contribution in [3.8, 4) is 0 Å². The lowest BCUT2D eigenvalue weighted by Crippen LogP contribution is -2.31. The summed E-state index contributed by atoms with van der Waals surface area (Å²) in [4.78, 5) is 12.5.